The monoisotopic (exact) mass is 372 g/mol. The van der Waals surface area contributed by atoms with Crippen molar-refractivity contribution >= 4 is 29.3 Å². The summed E-state index contributed by atoms with van der Waals surface area (Å²) in [4.78, 5) is 24.5. The summed E-state index contributed by atoms with van der Waals surface area (Å²) in [5.74, 6) is -2.36. The zero-order valence-electron chi connectivity index (χ0n) is 14.5. The maximum Gasteiger partial charge on any atom is 0.243 e. The molecule has 134 valence electrons. The summed E-state index contributed by atoms with van der Waals surface area (Å²) < 4.78 is 13.2. The first kappa shape index (κ1) is 19.5. The average Bonchev–Trinajstić information content (AvgIpc) is 2.54. The molecule has 0 fully saturated rings. The molecule has 6 nitrogen and oxygen atoms in total. The number of allylic oxidation sites excluding steroid dienone is 1. The smallest absolute Gasteiger partial charge is 0.243 e. The first-order valence-corrected chi connectivity index (χ1v) is 8.67. The van der Waals surface area contributed by atoms with E-state index in [0.29, 0.717) is 5.69 Å². The molecule has 0 aliphatic carbocycles. The second-order valence-electron chi connectivity index (χ2n) is 6.35. The van der Waals surface area contributed by atoms with Gasteiger partial charge in [0.25, 0.3) is 0 Å². The lowest BCUT2D eigenvalue weighted by molar-refractivity contribution is -0.125. The Hall–Kier alpha value is -2.84. The Labute approximate surface area is 155 Å². The fourth-order valence-corrected chi connectivity index (χ4v) is 3.66. The molecule has 2 atom stereocenters. The standard InChI is InChI=1S/C18H17FN4O2S/c1-10(15(24)22-12-6-4-5-11(19)7-12)26-17-14(9-21)18(2,3)13(8-20)16(25)23-17/h4-7,10,13H,1-3H3,(H,22,24)(H,23,25)/t10-,13+/m0/s1. The van der Waals surface area contributed by atoms with Crippen LogP contribution in [0.3, 0.4) is 0 Å². The minimum atomic E-state index is -0.988. The van der Waals surface area contributed by atoms with E-state index in [1.807, 2.05) is 12.1 Å². The fraction of sp³-hybridized carbons (Fsp3) is 0.333. The van der Waals surface area contributed by atoms with Crippen LogP contribution >= 0.6 is 11.8 Å². The number of carbonyl (C=O) groups is 2. The maximum atomic E-state index is 13.2. The number of nitrogens with one attached hydrogen (secondary N) is 2. The molecular formula is C18H17FN4O2S. The quantitative estimate of drug-likeness (QED) is 0.845. The van der Waals surface area contributed by atoms with Gasteiger partial charge in [0.2, 0.25) is 11.8 Å². The molecule has 0 aromatic heterocycles. The first-order chi connectivity index (χ1) is 12.2. The van der Waals surface area contributed by atoms with Crippen molar-refractivity contribution in [3.8, 4) is 12.1 Å². The predicted octanol–water partition coefficient (Wildman–Crippen LogP) is 2.92. The van der Waals surface area contributed by atoms with Crippen LogP contribution in [0.5, 0.6) is 0 Å². The van der Waals surface area contributed by atoms with Crippen molar-refractivity contribution in [2.45, 2.75) is 26.0 Å². The predicted molar refractivity (Wildman–Crippen MR) is 95.7 cm³/mol. The molecule has 1 aliphatic heterocycles. The molecule has 0 spiro atoms. The van der Waals surface area contributed by atoms with Crippen molar-refractivity contribution in [2.24, 2.45) is 11.3 Å². The molecule has 0 saturated heterocycles. The zero-order chi connectivity index (χ0) is 19.5. The third-order valence-electron chi connectivity index (χ3n) is 4.09. The molecule has 1 aliphatic rings. The van der Waals surface area contributed by atoms with Gasteiger partial charge < -0.3 is 10.6 Å². The molecule has 0 radical (unpaired) electrons. The Bertz CT molecular complexity index is 867. The second-order valence-corrected chi connectivity index (χ2v) is 7.70. The summed E-state index contributed by atoms with van der Waals surface area (Å²) >= 11 is 1.01. The van der Waals surface area contributed by atoms with Gasteiger partial charge in [-0.25, -0.2) is 4.39 Å². The topological polar surface area (TPSA) is 106 Å². The molecule has 26 heavy (non-hydrogen) atoms. The van der Waals surface area contributed by atoms with Crippen LogP contribution in [0.25, 0.3) is 0 Å². The van der Waals surface area contributed by atoms with Crippen LogP contribution in [0, 0.1) is 39.8 Å². The van der Waals surface area contributed by atoms with E-state index in [9.17, 15) is 24.5 Å². The zero-order valence-corrected chi connectivity index (χ0v) is 15.3. The van der Waals surface area contributed by atoms with Crippen LogP contribution in [0.15, 0.2) is 34.9 Å². The van der Waals surface area contributed by atoms with E-state index in [2.05, 4.69) is 10.6 Å². The third kappa shape index (κ3) is 3.87. The van der Waals surface area contributed by atoms with E-state index in [-0.39, 0.29) is 10.6 Å². The van der Waals surface area contributed by atoms with Crippen LogP contribution in [0.1, 0.15) is 20.8 Å². The van der Waals surface area contributed by atoms with Gasteiger partial charge >= 0.3 is 0 Å². The van der Waals surface area contributed by atoms with Crippen molar-refractivity contribution in [1.29, 1.82) is 10.5 Å². The number of nitriles is 2. The highest BCUT2D eigenvalue weighted by Gasteiger charge is 2.45. The number of benzene rings is 1. The Kier molecular flexibility index (Phi) is 5.69. The highest BCUT2D eigenvalue weighted by atomic mass is 32.2. The molecular weight excluding hydrogens is 355 g/mol. The Morgan fingerprint density at radius 2 is 2.12 bits per heavy atom. The Morgan fingerprint density at radius 1 is 1.42 bits per heavy atom. The van der Waals surface area contributed by atoms with Gasteiger partial charge in [-0.15, -0.1) is 0 Å². The fourth-order valence-electron chi connectivity index (χ4n) is 2.55. The second kappa shape index (κ2) is 7.59. The first-order valence-electron chi connectivity index (χ1n) is 7.79. The molecule has 8 heteroatoms. The summed E-state index contributed by atoms with van der Waals surface area (Å²) in [6, 6.07) is 9.46. The van der Waals surface area contributed by atoms with Crippen molar-refractivity contribution in [3.05, 3.63) is 40.7 Å². The van der Waals surface area contributed by atoms with Crippen molar-refractivity contribution in [3.63, 3.8) is 0 Å². The van der Waals surface area contributed by atoms with Crippen LogP contribution in [-0.4, -0.2) is 17.1 Å². The van der Waals surface area contributed by atoms with Gasteiger partial charge in [-0.3, -0.25) is 9.59 Å². The van der Waals surface area contributed by atoms with Crippen molar-refractivity contribution in [1.82, 2.24) is 5.32 Å². The lowest BCUT2D eigenvalue weighted by Crippen LogP contribution is -2.45. The summed E-state index contributed by atoms with van der Waals surface area (Å²) in [5, 5.41) is 23.4. The molecule has 2 N–H and O–H groups in total. The average molecular weight is 372 g/mol. The minimum absolute atomic E-state index is 0.249. The molecule has 0 saturated carbocycles. The summed E-state index contributed by atoms with van der Waals surface area (Å²) in [7, 11) is 0. The van der Waals surface area contributed by atoms with Gasteiger partial charge in [0.15, 0.2) is 0 Å². The number of hydrogen-bond donors (Lipinski definition) is 2. The largest absolute Gasteiger partial charge is 0.325 e. The number of amides is 2. The molecule has 0 bridgehead atoms. The number of carbonyl (C=O) groups excluding carboxylic acids is 2. The highest BCUT2D eigenvalue weighted by molar-refractivity contribution is 8.04. The molecule has 1 aromatic rings. The lowest BCUT2D eigenvalue weighted by atomic mass is 9.72. The Morgan fingerprint density at radius 3 is 2.69 bits per heavy atom. The van der Waals surface area contributed by atoms with Crippen LogP contribution in [0.2, 0.25) is 0 Å². The number of hydrogen-bond acceptors (Lipinski definition) is 5. The molecule has 1 heterocycles. The molecule has 0 unspecified atom stereocenters. The number of thioether (sulfide) groups is 1. The van der Waals surface area contributed by atoms with Gasteiger partial charge in [0.05, 0.1) is 28.0 Å². The molecule has 1 aromatic carbocycles. The summed E-state index contributed by atoms with van der Waals surface area (Å²) in [6.07, 6.45) is 0. The maximum absolute atomic E-state index is 13.2. The summed E-state index contributed by atoms with van der Waals surface area (Å²) in [6.45, 7) is 4.91. The van der Waals surface area contributed by atoms with Gasteiger partial charge in [-0.1, -0.05) is 31.7 Å². The SMILES string of the molecule is C[C@H](SC1=C(C#N)C(C)(C)[C@H](C#N)C(=O)N1)C(=O)Nc1cccc(F)c1. The van der Waals surface area contributed by atoms with Crippen LogP contribution in [-0.2, 0) is 9.59 Å². The van der Waals surface area contributed by atoms with E-state index >= 15 is 0 Å². The lowest BCUT2D eigenvalue weighted by Gasteiger charge is -2.35. The Balaban J connectivity index is 2.21. The van der Waals surface area contributed by atoms with E-state index in [4.69, 9.17) is 0 Å². The van der Waals surface area contributed by atoms with Crippen molar-refractivity contribution < 1.29 is 14.0 Å². The van der Waals surface area contributed by atoms with Crippen molar-refractivity contribution in [2.75, 3.05) is 5.32 Å². The molecule has 2 rings (SSSR count). The highest BCUT2D eigenvalue weighted by Crippen LogP contribution is 2.42. The number of halogens is 1. The third-order valence-corrected chi connectivity index (χ3v) is 5.20. The van der Waals surface area contributed by atoms with Crippen LogP contribution in [0.4, 0.5) is 10.1 Å². The van der Waals surface area contributed by atoms with E-state index in [1.165, 1.54) is 18.2 Å². The number of anilines is 1. The van der Waals surface area contributed by atoms with E-state index in [1.54, 1.807) is 26.8 Å². The van der Waals surface area contributed by atoms with Gasteiger partial charge in [0.1, 0.15) is 11.7 Å². The number of rotatable bonds is 4. The van der Waals surface area contributed by atoms with Crippen LogP contribution < -0.4 is 10.6 Å². The van der Waals surface area contributed by atoms with Gasteiger partial charge in [-0.2, -0.15) is 10.5 Å². The van der Waals surface area contributed by atoms with E-state index < -0.39 is 34.2 Å². The normalized spacial score (nSPS) is 19.8. The number of nitrogens with zero attached hydrogens (tertiary/aromatic N) is 2. The van der Waals surface area contributed by atoms with Gasteiger partial charge in [-0.05, 0) is 25.1 Å². The minimum Gasteiger partial charge on any atom is -0.325 e. The molecule has 2 amide bonds. The summed E-state index contributed by atoms with van der Waals surface area (Å²) in [5.41, 5.74) is -0.402. The van der Waals surface area contributed by atoms with Gasteiger partial charge in [0, 0.05) is 11.1 Å². The van der Waals surface area contributed by atoms with E-state index in [0.717, 1.165) is 11.8 Å².